The van der Waals surface area contributed by atoms with E-state index in [0.717, 1.165) is 51.6 Å². The van der Waals surface area contributed by atoms with Crippen molar-refractivity contribution in [3.05, 3.63) is 23.8 Å². The molecular formula is C23H31N3O4. The quantitative estimate of drug-likeness (QED) is 0.823. The Bertz CT molecular complexity index is 796. The van der Waals surface area contributed by atoms with E-state index in [4.69, 9.17) is 4.74 Å². The van der Waals surface area contributed by atoms with Crippen molar-refractivity contribution in [2.45, 2.75) is 63.8 Å². The average molecular weight is 414 g/mol. The lowest BCUT2D eigenvalue weighted by Crippen LogP contribution is -2.47. The molecule has 1 aliphatic carbocycles. The molecule has 1 aromatic rings. The smallest absolute Gasteiger partial charge is 0.265 e. The summed E-state index contributed by atoms with van der Waals surface area (Å²) in [6.07, 6.45) is 10.0. The van der Waals surface area contributed by atoms with Crippen LogP contribution in [0, 0.1) is 0 Å². The number of carbonyl (C=O) groups excluding carboxylic acids is 3. The van der Waals surface area contributed by atoms with Crippen LogP contribution in [-0.4, -0.2) is 54.9 Å². The minimum Gasteiger partial charge on any atom is -0.482 e. The van der Waals surface area contributed by atoms with Crippen LogP contribution in [0.15, 0.2) is 18.2 Å². The maximum absolute atomic E-state index is 12.8. The van der Waals surface area contributed by atoms with E-state index >= 15 is 0 Å². The molecule has 7 heteroatoms. The largest absolute Gasteiger partial charge is 0.482 e. The number of carbonyl (C=O) groups is 3. The van der Waals surface area contributed by atoms with Gasteiger partial charge in [-0.15, -0.1) is 0 Å². The predicted molar refractivity (Wildman–Crippen MR) is 114 cm³/mol. The highest BCUT2D eigenvalue weighted by molar-refractivity contribution is 6.04. The van der Waals surface area contributed by atoms with Gasteiger partial charge in [-0.2, -0.15) is 0 Å². The first-order valence-electron chi connectivity index (χ1n) is 11.3. The number of benzene rings is 1. The van der Waals surface area contributed by atoms with Gasteiger partial charge >= 0.3 is 0 Å². The molecule has 2 aliphatic heterocycles. The topological polar surface area (TPSA) is 79.0 Å². The Balaban J connectivity index is 1.46. The number of likely N-dealkylation sites (tertiary alicyclic amines) is 1. The van der Waals surface area contributed by atoms with Gasteiger partial charge in [-0.05, 0) is 43.9 Å². The van der Waals surface area contributed by atoms with Crippen molar-refractivity contribution in [2.24, 2.45) is 0 Å². The molecule has 0 radical (unpaired) electrons. The molecule has 3 amide bonds. The van der Waals surface area contributed by atoms with E-state index in [0.29, 0.717) is 17.0 Å². The molecule has 1 saturated carbocycles. The number of nitrogens with zero attached hydrogens (tertiary/aromatic N) is 2. The van der Waals surface area contributed by atoms with Crippen LogP contribution in [0.4, 0.5) is 5.69 Å². The Hall–Kier alpha value is -2.57. The normalized spacial score (nSPS) is 20.2. The number of nitrogens with one attached hydrogen (secondary N) is 1. The van der Waals surface area contributed by atoms with Crippen LogP contribution in [0.2, 0.25) is 0 Å². The van der Waals surface area contributed by atoms with Crippen molar-refractivity contribution in [3.8, 4) is 5.75 Å². The van der Waals surface area contributed by atoms with Gasteiger partial charge in [0, 0.05) is 24.7 Å². The van der Waals surface area contributed by atoms with Crippen LogP contribution in [0.5, 0.6) is 5.75 Å². The Morgan fingerprint density at radius 1 is 1.00 bits per heavy atom. The number of hydrogen-bond acceptors (Lipinski definition) is 4. The molecule has 30 heavy (non-hydrogen) atoms. The van der Waals surface area contributed by atoms with Crippen molar-refractivity contribution in [1.29, 1.82) is 0 Å². The summed E-state index contributed by atoms with van der Waals surface area (Å²) in [5.41, 5.74) is 1.03. The second kappa shape index (κ2) is 9.49. The van der Waals surface area contributed by atoms with Crippen LogP contribution in [0.1, 0.15) is 68.1 Å². The third-order valence-corrected chi connectivity index (χ3v) is 6.31. The zero-order chi connectivity index (χ0) is 20.9. The van der Waals surface area contributed by atoms with E-state index in [1.807, 2.05) is 4.90 Å². The highest BCUT2D eigenvalue weighted by Crippen LogP contribution is 2.33. The van der Waals surface area contributed by atoms with Gasteiger partial charge in [-0.25, -0.2) is 0 Å². The SMILES string of the molecule is O=C(CN1C(=O)COc2ccc(C(=O)N3CCCC3)cc21)NC1CCCCCCC1. The molecule has 162 valence electrons. The highest BCUT2D eigenvalue weighted by atomic mass is 16.5. The third-order valence-electron chi connectivity index (χ3n) is 6.31. The molecule has 0 unspecified atom stereocenters. The van der Waals surface area contributed by atoms with Gasteiger partial charge < -0.3 is 15.0 Å². The Kier molecular flexibility index (Phi) is 6.55. The molecule has 0 atom stereocenters. The zero-order valence-electron chi connectivity index (χ0n) is 17.5. The summed E-state index contributed by atoms with van der Waals surface area (Å²) in [5.74, 6) is 0.0812. The molecule has 2 heterocycles. The van der Waals surface area contributed by atoms with E-state index in [9.17, 15) is 14.4 Å². The van der Waals surface area contributed by atoms with E-state index in [2.05, 4.69) is 5.32 Å². The summed E-state index contributed by atoms with van der Waals surface area (Å²) in [5, 5.41) is 3.12. The summed E-state index contributed by atoms with van der Waals surface area (Å²) in [4.78, 5) is 41.3. The zero-order valence-corrected chi connectivity index (χ0v) is 17.5. The number of fused-ring (bicyclic) bond motifs is 1. The lowest BCUT2D eigenvalue weighted by Gasteiger charge is -2.30. The minimum absolute atomic E-state index is 0.0350. The molecule has 0 spiro atoms. The fourth-order valence-corrected chi connectivity index (χ4v) is 4.63. The van der Waals surface area contributed by atoms with Gasteiger partial charge in [-0.1, -0.05) is 32.1 Å². The van der Waals surface area contributed by atoms with Gasteiger partial charge in [-0.3, -0.25) is 19.3 Å². The first-order valence-corrected chi connectivity index (χ1v) is 11.3. The van der Waals surface area contributed by atoms with Crippen LogP contribution in [-0.2, 0) is 9.59 Å². The second-order valence-electron chi connectivity index (χ2n) is 8.56. The van der Waals surface area contributed by atoms with E-state index in [1.165, 1.54) is 24.2 Å². The van der Waals surface area contributed by atoms with E-state index < -0.39 is 0 Å². The number of anilines is 1. The van der Waals surface area contributed by atoms with Gasteiger partial charge in [0.15, 0.2) is 6.61 Å². The molecule has 1 aromatic carbocycles. The van der Waals surface area contributed by atoms with Crippen LogP contribution < -0.4 is 15.0 Å². The molecule has 7 nitrogen and oxygen atoms in total. The van der Waals surface area contributed by atoms with Crippen molar-refractivity contribution in [2.75, 3.05) is 31.1 Å². The Morgan fingerprint density at radius 3 is 2.43 bits per heavy atom. The van der Waals surface area contributed by atoms with Gasteiger partial charge in [0.05, 0.1) is 5.69 Å². The lowest BCUT2D eigenvalue weighted by molar-refractivity contribution is -0.125. The molecule has 3 aliphatic rings. The van der Waals surface area contributed by atoms with Crippen molar-refractivity contribution < 1.29 is 19.1 Å². The molecule has 0 bridgehead atoms. The number of amides is 3. The highest BCUT2D eigenvalue weighted by Gasteiger charge is 2.30. The van der Waals surface area contributed by atoms with Crippen LogP contribution in [0.3, 0.4) is 0 Å². The van der Waals surface area contributed by atoms with Gasteiger partial charge in [0.25, 0.3) is 11.8 Å². The summed E-state index contributed by atoms with van der Waals surface area (Å²) < 4.78 is 5.54. The number of ether oxygens (including phenoxy) is 1. The maximum Gasteiger partial charge on any atom is 0.265 e. The lowest BCUT2D eigenvalue weighted by atomic mass is 9.97. The minimum atomic E-state index is -0.263. The fraction of sp³-hybridized carbons (Fsp3) is 0.609. The van der Waals surface area contributed by atoms with Crippen molar-refractivity contribution in [3.63, 3.8) is 0 Å². The maximum atomic E-state index is 12.8. The second-order valence-corrected chi connectivity index (χ2v) is 8.56. The predicted octanol–water partition coefficient (Wildman–Crippen LogP) is 2.88. The number of rotatable bonds is 4. The number of hydrogen-bond donors (Lipinski definition) is 1. The average Bonchev–Trinajstić information content (AvgIpc) is 3.26. The Morgan fingerprint density at radius 2 is 1.70 bits per heavy atom. The molecule has 1 N–H and O–H groups in total. The molecule has 0 aromatic heterocycles. The summed E-state index contributed by atoms with van der Waals surface area (Å²) in [7, 11) is 0. The van der Waals surface area contributed by atoms with Gasteiger partial charge in [0.2, 0.25) is 5.91 Å². The van der Waals surface area contributed by atoms with E-state index in [1.54, 1.807) is 18.2 Å². The van der Waals surface area contributed by atoms with Crippen molar-refractivity contribution in [1.82, 2.24) is 10.2 Å². The Labute approximate surface area is 177 Å². The van der Waals surface area contributed by atoms with Crippen molar-refractivity contribution >= 4 is 23.4 Å². The van der Waals surface area contributed by atoms with E-state index in [-0.39, 0.29) is 36.9 Å². The molecule has 1 saturated heterocycles. The van der Waals surface area contributed by atoms with Crippen LogP contribution in [0.25, 0.3) is 0 Å². The third kappa shape index (κ3) is 4.77. The van der Waals surface area contributed by atoms with Gasteiger partial charge in [0.1, 0.15) is 12.3 Å². The summed E-state index contributed by atoms with van der Waals surface area (Å²) in [6, 6.07) is 5.33. The molecule has 2 fully saturated rings. The molecule has 4 rings (SSSR count). The summed E-state index contributed by atoms with van der Waals surface area (Å²) in [6.45, 7) is 1.38. The first-order chi connectivity index (χ1) is 14.6. The van der Waals surface area contributed by atoms with Crippen LogP contribution >= 0.6 is 0 Å². The standard InChI is InChI=1S/C23H31N3O4/c27-21(24-18-8-4-2-1-3-5-9-18)15-26-19-14-17(23(29)25-12-6-7-13-25)10-11-20(19)30-16-22(26)28/h10-11,14,18H,1-9,12-13,15-16H2,(H,24,27). The molecular weight excluding hydrogens is 382 g/mol. The fourth-order valence-electron chi connectivity index (χ4n) is 4.63. The summed E-state index contributed by atoms with van der Waals surface area (Å²) >= 11 is 0. The monoisotopic (exact) mass is 413 g/mol. The first kappa shape index (κ1) is 20.7.